The Hall–Kier alpha value is -0.160. The first kappa shape index (κ1) is 25.8. The van der Waals surface area contributed by atoms with Crippen molar-refractivity contribution < 1.29 is 20.1 Å². The van der Waals surface area contributed by atoms with Crippen LogP contribution in [0, 0.1) is 0 Å². The van der Waals surface area contributed by atoms with Crippen molar-refractivity contribution in [1.82, 2.24) is 0 Å². The fourth-order valence-corrected chi connectivity index (χ4v) is 3.23. The lowest BCUT2D eigenvalue weighted by Gasteiger charge is -2.23. The first-order chi connectivity index (χ1) is 12.3. The highest BCUT2D eigenvalue weighted by molar-refractivity contribution is 4.60. The maximum atomic E-state index is 9.77. The summed E-state index contributed by atoms with van der Waals surface area (Å²) >= 11 is 0. The van der Waals surface area contributed by atoms with Gasteiger partial charge >= 0.3 is 0 Å². The maximum absolute atomic E-state index is 9.77. The molecule has 0 fully saturated rings. The first-order valence-electron chi connectivity index (χ1n) is 11.0. The Morgan fingerprint density at radius 2 is 0.846 bits per heavy atom. The van der Waals surface area contributed by atoms with Crippen LogP contribution < -0.4 is 0 Å². The summed E-state index contributed by atoms with van der Waals surface area (Å²) in [6.07, 6.45) is 17.0. The van der Waals surface area contributed by atoms with Gasteiger partial charge in [0.25, 0.3) is 0 Å². The molecular weight excluding hydrogens is 328 g/mol. The monoisotopic (exact) mass is 374 g/mol. The minimum absolute atomic E-state index is 0.261. The van der Waals surface area contributed by atoms with Crippen molar-refractivity contribution in [3.05, 3.63) is 0 Å². The fourth-order valence-electron chi connectivity index (χ4n) is 3.23. The van der Waals surface area contributed by atoms with E-state index in [0.29, 0.717) is 6.42 Å². The third-order valence-corrected chi connectivity index (χ3v) is 4.65. The van der Waals surface area contributed by atoms with E-state index in [4.69, 9.17) is 14.9 Å². The van der Waals surface area contributed by atoms with E-state index in [0.717, 1.165) is 25.7 Å². The zero-order chi connectivity index (χ0) is 19.7. The number of unbranched alkanes of at least 4 members (excludes halogenated alkanes) is 13. The molecule has 0 bridgehead atoms. The summed E-state index contributed by atoms with van der Waals surface area (Å²) < 4.78 is 5.50. The van der Waals surface area contributed by atoms with E-state index >= 15 is 0 Å². The lowest BCUT2D eigenvalue weighted by molar-refractivity contribution is -0.168. The van der Waals surface area contributed by atoms with Gasteiger partial charge < -0.3 is 20.1 Å². The zero-order valence-corrected chi connectivity index (χ0v) is 17.7. The molecule has 0 unspecified atom stereocenters. The molecule has 0 aromatic heterocycles. The molecule has 0 aromatic carbocycles. The van der Waals surface area contributed by atoms with Crippen molar-refractivity contribution in [3.8, 4) is 0 Å². The van der Waals surface area contributed by atoms with Crippen molar-refractivity contribution in [2.75, 3.05) is 0 Å². The molecule has 0 saturated heterocycles. The summed E-state index contributed by atoms with van der Waals surface area (Å²) in [5.74, 6) is 0. The van der Waals surface area contributed by atoms with Crippen molar-refractivity contribution >= 4 is 0 Å². The summed E-state index contributed by atoms with van der Waals surface area (Å²) in [4.78, 5) is 0. The van der Waals surface area contributed by atoms with Gasteiger partial charge in [0.05, 0.1) is 5.60 Å². The van der Waals surface area contributed by atoms with Gasteiger partial charge in [-0.25, -0.2) is 0 Å². The molecule has 158 valence electrons. The van der Waals surface area contributed by atoms with Gasteiger partial charge in [-0.15, -0.1) is 0 Å². The van der Waals surface area contributed by atoms with E-state index < -0.39 is 12.6 Å². The van der Waals surface area contributed by atoms with Gasteiger partial charge in [-0.05, 0) is 46.5 Å². The molecule has 4 nitrogen and oxygen atoms in total. The van der Waals surface area contributed by atoms with Gasteiger partial charge in [0.1, 0.15) is 0 Å². The van der Waals surface area contributed by atoms with Crippen LogP contribution in [0.2, 0.25) is 0 Å². The minimum Gasteiger partial charge on any atom is -0.368 e. The van der Waals surface area contributed by atoms with E-state index in [1.165, 1.54) is 70.6 Å². The SMILES string of the molecule is CC(C)(C)O[C@@H](O)CCCCCCCCCCCCCCCCC(O)O. The molecule has 0 spiro atoms. The zero-order valence-electron chi connectivity index (χ0n) is 17.7. The molecule has 1 atom stereocenters. The Morgan fingerprint density at radius 3 is 1.15 bits per heavy atom. The smallest absolute Gasteiger partial charge is 0.155 e. The van der Waals surface area contributed by atoms with Crippen LogP contribution in [0.4, 0.5) is 0 Å². The average molecular weight is 375 g/mol. The highest BCUT2D eigenvalue weighted by Crippen LogP contribution is 2.16. The van der Waals surface area contributed by atoms with Crippen LogP contribution in [-0.2, 0) is 4.74 Å². The van der Waals surface area contributed by atoms with Crippen molar-refractivity contribution in [3.63, 3.8) is 0 Å². The van der Waals surface area contributed by atoms with Crippen LogP contribution in [0.15, 0.2) is 0 Å². The fraction of sp³-hybridized carbons (Fsp3) is 1.00. The highest BCUT2D eigenvalue weighted by Gasteiger charge is 2.15. The first-order valence-corrected chi connectivity index (χ1v) is 11.0. The van der Waals surface area contributed by atoms with Crippen LogP contribution in [0.3, 0.4) is 0 Å². The maximum Gasteiger partial charge on any atom is 0.155 e. The average Bonchev–Trinajstić information content (AvgIpc) is 2.52. The van der Waals surface area contributed by atoms with E-state index in [2.05, 4.69) is 0 Å². The Bertz CT molecular complexity index is 286. The van der Waals surface area contributed by atoms with Crippen LogP contribution in [0.25, 0.3) is 0 Å². The quantitative estimate of drug-likeness (QED) is 0.213. The van der Waals surface area contributed by atoms with E-state index in [9.17, 15) is 5.11 Å². The molecular formula is C22H46O4. The molecule has 0 saturated carbocycles. The predicted octanol–water partition coefficient (Wildman–Crippen LogP) is 5.67. The molecule has 0 aromatic rings. The molecule has 0 aliphatic rings. The molecule has 4 heteroatoms. The largest absolute Gasteiger partial charge is 0.368 e. The summed E-state index contributed by atoms with van der Waals surface area (Å²) in [5, 5.41) is 27.3. The number of aliphatic hydroxyl groups excluding tert-OH is 2. The molecule has 0 amide bonds. The number of ether oxygens (including phenoxy) is 1. The standard InChI is InChI=1S/C22H46O4/c1-22(2,3)26-21(25)19-17-15-13-11-9-7-5-4-6-8-10-12-14-16-18-20(23)24/h20-21,23-25H,4-19H2,1-3H3/t21-/m1/s1. The van der Waals surface area contributed by atoms with Crippen LogP contribution in [-0.4, -0.2) is 33.5 Å². The Labute approximate surface area is 162 Å². The molecule has 0 aliphatic heterocycles. The van der Waals surface area contributed by atoms with Gasteiger partial charge in [-0.1, -0.05) is 77.0 Å². The second kappa shape index (κ2) is 17.0. The Kier molecular flexibility index (Phi) is 16.9. The molecule has 0 rings (SSSR count). The number of aliphatic hydroxyl groups is 3. The molecule has 0 aliphatic carbocycles. The van der Waals surface area contributed by atoms with Crippen molar-refractivity contribution in [2.45, 2.75) is 142 Å². The number of hydrogen-bond acceptors (Lipinski definition) is 4. The van der Waals surface area contributed by atoms with Crippen LogP contribution in [0.1, 0.15) is 124 Å². The molecule has 0 heterocycles. The Morgan fingerprint density at radius 1 is 0.538 bits per heavy atom. The number of hydrogen-bond donors (Lipinski definition) is 3. The molecule has 26 heavy (non-hydrogen) atoms. The second-order valence-corrected chi connectivity index (χ2v) is 8.69. The van der Waals surface area contributed by atoms with E-state index in [1.54, 1.807) is 0 Å². The lowest BCUT2D eigenvalue weighted by Crippen LogP contribution is -2.27. The third-order valence-electron chi connectivity index (χ3n) is 4.65. The van der Waals surface area contributed by atoms with E-state index in [1.807, 2.05) is 20.8 Å². The summed E-state index contributed by atoms with van der Waals surface area (Å²) in [7, 11) is 0. The summed E-state index contributed by atoms with van der Waals surface area (Å²) in [6, 6.07) is 0. The number of rotatable bonds is 18. The minimum atomic E-state index is -1.12. The summed E-state index contributed by atoms with van der Waals surface area (Å²) in [6.45, 7) is 5.92. The van der Waals surface area contributed by atoms with Crippen molar-refractivity contribution in [2.24, 2.45) is 0 Å². The van der Waals surface area contributed by atoms with Gasteiger partial charge in [-0.2, -0.15) is 0 Å². The Balaban J connectivity index is 3.14. The van der Waals surface area contributed by atoms with Gasteiger partial charge in [0.15, 0.2) is 12.6 Å². The third kappa shape index (κ3) is 21.9. The predicted molar refractivity (Wildman–Crippen MR) is 109 cm³/mol. The normalized spacial score (nSPS) is 13.5. The highest BCUT2D eigenvalue weighted by atomic mass is 16.6. The van der Waals surface area contributed by atoms with Crippen LogP contribution >= 0.6 is 0 Å². The second-order valence-electron chi connectivity index (χ2n) is 8.69. The van der Waals surface area contributed by atoms with Gasteiger partial charge in [0.2, 0.25) is 0 Å². The molecule has 0 radical (unpaired) electrons. The lowest BCUT2D eigenvalue weighted by atomic mass is 10.0. The molecule has 3 N–H and O–H groups in total. The summed E-state index contributed by atoms with van der Waals surface area (Å²) in [5.41, 5.74) is -0.261. The topological polar surface area (TPSA) is 69.9 Å². The van der Waals surface area contributed by atoms with Crippen molar-refractivity contribution in [1.29, 1.82) is 0 Å². The van der Waals surface area contributed by atoms with E-state index in [-0.39, 0.29) is 5.60 Å². The van der Waals surface area contributed by atoms with Gasteiger partial charge in [-0.3, -0.25) is 0 Å². The van der Waals surface area contributed by atoms with Crippen LogP contribution in [0.5, 0.6) is 0 Å². The van der Waals surface area contributed by atoms with Gasteiger partial charge in [0, 0.05) is 0 Å².